The molecule has 0 atom stereocenters. The number of aromatic nitrogens is 2. The average Bonchev–Trinajstić information content (AvgIpc) is 2.49. The molecular formula is C16H15FN4O. The second kappa shape index (κ2) is 5.48. The molecule has 0 aliphatic carbocycles. The standard InChI is InChI=1S/C16H15FN4O/c1-2-22-14-6-9(17)5-13-15(14)16(21-8-20-13)11-7-10(18)3-4-12(11)19/h3-8H,2,18-19H2,1H3. The molecule has 0 aliphatic rings. The number of rotatable bonds is 3. The van der Waals surface area contributed by atoms with Crippen LogP contribution in [0.3, 0.4) is 0 Å². The maximum absolute atomic E-state index is 13.7. The highest BCUT2D eigenvalue weighted by molar-refractivity contribution is 5.99. The predicted molar refractivity (Wildman–Crippen MR) is 84.9 cm³/mol. The summed E-state index contributed by atoms with van der Waals surface area (Å²) in [6.45, 7) is 2.23. The van der Waals surface area contributed by atoms with Crippen LogP contribution in [0.25, 0.3) is 22.2 Å². The highest BCUT2D eigenvalue weighted by Crippen LogP contribution is 2.36. The van der Waals surface area contributed by atoms with Crippen LogP contribution >= 0.6 is 0 Å². The van der Waals surface area contributed by atoms with Gasteiger partial charge >= 0.3 is 0 Å². The SMILES string of the molecule is CCOc1cc(F)cc2ncnc(-c3cc(N)ccc3N)c12. The van der Waals surface area contributed by atoms with E-state index in [0.717, 1.165) is 0 Å². The first kappa shape index (κ1) is 14.1. The van der Waals surface area contributed by atoms with Crippen molar-refractivity contribution in [1.29, 1.82) is 0 Å². The van der Waals surface area contributed by atoms with E-state index >= 15 is 0 Å². The van der Waals surface area contributed by atoms with Crippen LogP contribution in [0.15, 0.2) is 36.7 Å². The molecule has 112 valence electrons. The molecule has 3 rings (SSSR count). The zero-order valence-corrected chi connectivity index (χ0v) is 12.0. The number of hydrogen-bond donors (Lipinski definition) is 2. The number of benzene rings is 2. The smallest absolute Gasteiger partial charge is 0.133 e. The third-order valence-corrected chi connectivity index (χ3v) is 3.30. The van der Waals surface area contributed by atoms with Crippen LogP contribution in [-0.2, 0) is 0 Å². The Kier molecular flexibility index (Phi) is 3.50. The highest BCUT2D eigenvalue weighted by Gasteiger charge is 2.15. The zero-order chi connectivity index (χ0) is 15.7. The van der Waals surface area contributed by atoms with Gasteiger partial charge in [-0.25, -0.2) is 14.4 Å². The molecular weight excluding hydrogens is 283 g/mol. The number of nitrogens with two attached hydrogens (primary N) is 2. The van der Waals surface area contributed by atoms with E-state index in [9.17, 15) is 4.39 Å². The minimum absolute atomic E-state index is 0.384. The summed E-state index contributed by atoms with van der Waals surface area (Å²) < 4.78 is 19.3. The molecule has 6 heteroatoms. The van der Waals surface area contributed by atoms with Crippen molar-refractivity contribution < 1.29 is 9.13 Å². The summed E-state index contributed by atoms with van der Waals surface area (Å²) >= 11 is 0. The third kappa shape index (κ3) is 2.39. The lowest BCUT2D eigenvalue weighted by Crippen LogP contribution is -2.00. The van der Waals surface area contributed by atoms with Crippen LogP contribution in [0.5, 0.6) is 5.75 Å². The van der Waals surface area contributed by atoms with Crippen LogP contribution in [0.2, 0.25) is 0 Å². The second-order valence-electron chi connectivity index (χ2n) is 4.80. The third-order valence-electron chi connectivity index (χ3n) is 3.30. The molecule has 4 N–H and O–H groups in total. The van der Waals surface area contributed by atoms with Gasteiger partial charge < -0.3 is 16.2 Å². The lowest BCUT2D eigenvalue weighted by molar-refractivity contribution is 0.342. The van der Waals surface area contributed by atoms with Gasteiger partial charge in [0.15, 0.2) is 0 Å². The summed E-state index contributed by atoms with van der Waals surface area (Å²) in [5.74, 6) is -0.0314. The minimum atomic E-state index is -0.416. The first-order valence-corrected chi connectivity index (χ1v) is 6.82. The molecule has 22 heavy (non-hydrogen) atoms. The molecule has 3 aromatic rings. The van der Waals surface area contributed by atoms with Crippen LogP contribution < -0.4 is 16.2 Å². The van der Waals surface area contributed by atoms with Gasteiger partial charge in [-0.2, -0.15) is 0 Å². The van der Waals surface area contributed by atoms with E-state index in [1.807, 2.05) is 6.92 Å². The van der Waals surface area contributed by atoms with Crippen molar-refractivity contribution in [2.24, 2.45) is 0 Å². The molecule has 5 nitrogen and oxygen atoms in total. The summed E-state index contributed by atoms with van der Waals surface area (Å²) in [7, 11) is 0. The van der Waals surface area contributed by atoms with Gasteiger partial charge in [0.05, 0.1) is 23.2 Å². The minimum Gasteiger partial charge on any atom is -0.493 e. The first-order chi connectivity index (χ1) is 10.6. The number of hydrogen-bond acceptors (Lipinski definition) is 5. The van der Waals surface area contributed by atoms with Gasteiger partial charge in [0.2, 0.25) is 0 Å². The lowest BCUT2D eigenvalue weighted by atomic mass is 10.0. The number of nitrogens with zero attached hydrogens (tertiary/aromatic N) is 2. The van der Waals surface area contributed by atoms with E-state index < -0.39 is 5.82 Å². The molecule has 0 bridgehead atoms. The molecule has 0 fully saturated rings. The molecule has 2 aromatic carbocycles. The van der Waals surface area contributed by atoms with Crippen molar-refractivity contribution in [3.63, 3.8) is 0 Å². The normalized spacial score (nSPS) is 10.8. The molecule has 0 aliphatic heterocycles. The Labute approximate surface area is 126 Å². The number of fused-ring (bicyclic) bond motifs is 1. The van der Waals surface area contributed by atoms with Crippen molar-refractivity contribution in [1.82, 2.24) is 9.97 Å². The van der Waals surface area contributed by atoms with Gasteiger partial charge in [0.1, 0.15) is 17.9 Å². The van der Waals surface area contributed by atoms with Crippen molar-refractivity contribution >= 4 is 22.3 Å². The van der Waals surface area contributed by atoms with Crippen molar-refractivity contribution in [3.05, 3.63) is 42.5 Å². The predicted octanol–water partition coefficient (Wildman–Crippen LogP) is 3.00. The van der Waals surface area contributed by atoms with Gasteiger partial charge in [0, 0.05) is 29.1 Å². The molecule has 0 unspecified atom stereocenters. The van der Waals surface area contributed by atoms with Gasteiger partial charge in [-0.15, -0.1) is 0 Å². The van der Waals surface area contributed by atoms with E-state index in [4.69, 9.17) is 16.2 Å². The number of halogens is 1. The molecule has 0 saturated carbocycles. The van der Waals surface area contributed by atoms with E-state index in [1.54, 1.807) is 18.2 Å². The van der Waals surface area contributed by atoms with Gasteiger partial charge in [0.25, 0.3) is 0 Å². The van der Waals surface area contributed by atoms with Gasteiger partial charge in [-0.1, -0.05) is 0 Å². The van der Waals surface area contributed by atoms with Gasteiger partial charge in [-0.05, 0) is 25.1 Å². The topological polar surface area (TPSA) is 87.0 Å². The van der Waals surface area contributed by atoms with E-state index in [1.165, 1.54) is 18.5 Å². The molecule has 1 heterocycles. The largest absolute Gasteiger partial charge is 0.493 e. The fourth-order valence-corrected chi connectivity index (χ4v) is 2.37. The number of nitrogen functional groups attached to an aromatic ring is 2. The van der Waals surface area contributed by atoms with E-state index in [2.05, 4.69) is 9.97 Å². The molecule has 1 aromatic heterocycles. The fourth-order valence-electron chi connectivity index (χ4n) is 2.37. The Bertz CT molecular complexity index is 851. The quantitative estimate of drug-likeness (QED) is 0.726. The summed E-state index contributed by atoms with van der Waals surface area (Å²) in [6, 6.07) is 7.82. The Morgan fingerprint density at radius 3 is 2.73 bits per heavy atom. The summed E-state index contributed by atoms with van der Waals surface area (Å²) in [4.78, 5) is 8.42. The maximum Gasteiger partial charge on any atom is 0.133 e. The average molecular weight is 298 g/mol. The number of anilines is 2. The van der Waals surface area contributed by atoms with Crippen LogP contribution in [0.4, 0.5) is 15.8 Å². The Hall–Kier alpha value is -2.89. The van der Waals surface area contributed by atoms with E-state index in [0.29, 0.717) is 45.9 Å². The monoisotopic (exact) mass is 298 g/mol. The Morgan fingerprint density at radius 2 is 1.95 bits per heavy atom. The van der Waals surface area contributed by atoms with Crippen molar-refractivity contribution in [2.75, 3.05) is 18.1 Å². The van der Waals surface area contributed by atoms with Crippen LogP contribution in [0, 0.1) is 5.82 Å². The maximum atomic E-state index is 13.7. The van der Waals surface area contributed by atoms with Crippen LogP contribution in [-0.4, -0.2) is 16.6 Å². The summed E-state index contributed by atoms with van der Waals surface area (Å²) in [6.07, 6.45) is 1.37. The first-order valence-electron chi connectivity index (χ1n) is 6.82. The summed E-state index contributed by atoms with van der Waals surface area (Å²) in [5, 5.41) is 0.614. The summed E-state index contributed by atoms with van der Waals surface area (Å²) in [5.41, 5.74) is 14.7. The van der Waals surface area contributed by atoms with Crippen molar-refractivity contribution in [2.45, 2.75) is 6.92 Å². The van der Waals surface area contributed by atoms with E-state index in [-0.39, 0.29) is 0 Å². The van der Waals surface area contributed by atoms with Crippen molar-refractivity contribution in [3.8, 4) is 17.0 Å². The molecule has 0 spiro atoms. The molecule has 0 amide bonds. The zero-order valence-electron chi connectivity index (χ0n) is 12.0. The lowest BCUT2D eigenvalue weighted by Gasteiger charge is -2.13. The second-order valence-corrected chi connectivity index (χ2v) is 4.80. The Morgan fingerprint density at radius 1 is 1.14 bits per heavy atom. The molecule has 0 radical (unpaired) electrons. The highest BCUT2D eigenvalue weighted by atomic mass is 19.1. The molecule has 0 saturated heterocycles. The Balaban J connectivity index is 2.36. The van der Waals surface area contributed by atoms with Crippen LogP contribution in [0.1, 0.15) is 6.92 Å². The number of ether oxygens (including phenoxy) is 1. The van der Waals surface area contributed by atoms with Gasteiger partial charge in [-0.3, -0.25) is 0 Å². The fraction of sp³-hybridized carbons (Fsp3) is 0.125.